The molecule has 0 saturated heterocycles. The van der Waals surface area contributed by atoms with Crippen LogP contribution in [-0.4, -0.2) is 13.0 Å². The second-order valence-electron chi connectivity index (χ2n) is 6.21. The lowest BCUT2D eigenvalue weighted by Crippen LogP contribution is -2.30. The van der Waals surface area contributed by atoms with Crippen molar-refractivity contribution in [2.45, 2.75) is 6.54 Å². The number of hydrogen-bond acceptors (Lipinski definition) is 3. The summed E-state index contributed by atoms with van der Waals surface area (Å²) >= 11 is 0. The van der Waals surface area contributed by atoms with Crippen LogP contribution in [0.5, 0.6) is 11.5 Å². The van der Waals surface area contributed by atoms with Gasteiger partial charge >= 0.3 is 0 Å². The van der Waals surface area contributed by atoms with Crippen LogP contribution in [0.25, 0.3) is 5.76 Å². The van der Waals surface area contributed by atoms with E-state index in [0.29, 0.717) is 12.3 Å². The van der Waals surface area contributed by atoms with Crippen molar-refractivity contribution in [1.82, 2.24) is 0 Å². The first-order valence-electron chi connectivity index (χ1n) is 8.73. The zero-order valence-electron chi connectivity index (χ0n) is 15.0. The number of amides is 1. The van der Waals surface area contributed by atoms with Gasteiger partial charge < -0.3 is 14.4 Å². The van der Waals surface area contributed by atoms with E-state index in [1.165, 1.54) is 0 Å². The van der Waals surface area contributed by atoms with E-state index in [9.17, 15) is 4.79 Å². The molecule has 134 valence electrons. The molecule has 0 saturated carbocycles. The average molecular weight is 357 g/mol. The maximum absolute atomic E-state index is 13.1. The van der Waals surface area contributed by atoms with E-state index in [2.05, 4.69) is 0 Å². The molecular formula is C23H19NO3. The van der Waals surface area contributed by atoms with E-state index in [-0.39, 0.29) is 5.91 Å². The van der Waals surface area contributed by atoms with Gasteiger partial charge in [0, 0.05) is 22.9 Å². The largest absolute Gasteiger partial charge is 0.497 e. The van der Waals surface area contributed by atoms with Crippen molar-refractivity contribution in [3.63, 3.8) is 0 Å². The summed E-state index contributed by atoms with van der Waals surface area (Å²) in [5.74, 6) is 1.90. The van der Waals surface area contributed by atoms with Crippen LogP contribution in [-0.2, 0) is 11.3 Å². The molecule has 3 aromatic rings. The molecule has 0 spiro atoms. The number of methoxy groups -OCH3 is 1. The van der Waals surface area contributed by atoms with Crippen LogP contribution in [0.2, 0.25) is 0 Å². The van der Waals surface area contributed by atoms with Crippen molar-refractivity contribution in [2.24, 2.45) is 0 Å². The number of nitrogens with zero attached hydrogens (tertiary/aromatic N) is 1. The van der Waals surface area contributed by atoms with E-state index < -0.39 is 0 Å². The molecule has 27 heavy (non-hydrogen) atoms. The summed E-state index contributed by atoms with van der Waals surface area (Å²) in [5.41, 5.74) is 2.61. The van der Waals surface area contributed by atoms with Crippen LogP contribution in [0.4, 0.5) is 5.69 Å². The normalized spacial score (nSPS) is 15.7. The number of carbonyl (C=O) groups is 1. The number of rotatable bonds is 3. The van der Waals surface area contributed by atoms with Gasteiger partial charge in [-0.1, -0.05) is 48.5 Å². The summed E-state index contributed by atoms with van der Waals surface area (Å²) in [6.07, 6.45) is 1.55. The second-order valence-corrected chi connectivity index (χ2v) is 6.21. The maximum atomic E-state index is 13.1. The monoisotopic (exact) mass is 357 g/mol. The van der Waals surface area contributed by atoms with E-state index in [1.807, 2.05) is 78.9 Å². The van der Waals surface area contributed by atoms with Gasteiger partial charge in [-0.3, -0.25) is 4.79 Å². The van der Waals surface area contributed by atoms with Crippen LogP contribution in [0.15, 0.2) is 84.9 Å². The average Bonchev–Trinajstić information content (AvgIpc) is 2.72. The molecule has 1 aliphatic rings. The van der Waals surface area contributed by atoms with Crippen molar-refractivity contribution >= 4 is 17.4 Å². The van der Waals surface area contributed by atoms with Crippen LogP contribution in [0.3, 0.4) is 0 Å². The van der Waals surface area contributed by atoms with Gasteiger partial charge in [0.05, 0.1) is 13.7 Å². The number of hydrogen-bond donors (Lipinski definition) is 0. The Kier molecular flexibility index (Phi) is 4.62. The highest BCUT2D eigenvalue weighted by Gasteiger charge is 2.22. The number of benzene rings is 3. The summed E-state index contributed by atoms with van der Waals surface area (Å²) in [7, 11) is 1.62. The van der Waals surface area contributed by atoms with Gasteiger partial charge in [-0.25, -0.2) is 0 Å². The minimum atomic E-state index is -0.131. The van der Waals surface area contributed by atoms with Gasteiger partial charge in [0.15, 0.2) is 0 Å². The Bertz CT molecular complexity index is 978. The Morgan fingerprint density at radius 2 is 1.59 bits per heavy atom. The Morgan fingerprint density at radius 3 is 2.33 bits per heavy atom. The van der Waals surface area contributed by atoms with Crippen molar-refractivity contribution in [3.8, 4) is 11.5 Å². The molecule has 3 aromatic carbocycles. The maximum Gasteiger partial charge on any atom is 0.255 e. The van der Waals surface area contributed by atoms with Crippen molar-refractivity contribution in [3.05, 3.63) is 96.1 Å². The fourth-order valence-corrected chi connectivity index (χ4v) is 3.05. The Labute approximate surface area is 158 Å². The first-order chi connectivity index (χ1) is 13.2. The molecule has 0 fully saturated rings. The lowest BCUT2D eigenvalue weighted by atomic mass is 10.1. The summed E-state index contributed by atoms with van der Waals surface area (Å²) in [6, 6.07) is 24.9. The first kappa shape index (κ1) is 16.9. The summed E-state index contributed by atoms with van der Waals surface area (Å²) < 4.78 is 11.3. The van der Waals surface area contributed by atoms with Crippen molar-refractivity contribution in [1.29, 1.82) is 0 Å². The summed E-state index contributed by atoms with van der Waals surface area (Å²) in [5, 5.41) is 0. The van der Waals surface area contributed by atoms with Crippen LogP contribution < -0.4 is 14.4 Å². The Hall–Kier alpha value is -3.53. The van der Waals surface area contributed by atoms with Gasteiger partial charge in [-0.2, -0.15) is 0 Å². The topological polar surface area (TPSA) is 38.8 Å². The quantitative estimate of drug-likeness (QED) is 0.684. The lowest BCUT2D eigenvalue weighted by molar-refractivity contribution is -0.114. The van der Waals surface area contributed by atoms with E-state index in [1.54, 1.807) is 18.1 Å². The molecule has 0 aromatic heterocycles. The van der Waals surface area contributed by atoms with E-state index in [4.69, 9.17) is 9.47 Å². The molecule has 0 unspecified atom stereocenters. The molecule has 1 aliphatic heterocycles. The molecule has 0 bridgehead atoms. The third-order valence-electron chi connectivity index (χ3n) is 4.48. The van der Waals surface area contributed by atoms with Crippen molar-refractivity contribution < 1.29 is 14.3 Å². The molecule has 0 radical (unpaired) electrons. The molecule has 0 aliphatic carbocycles. The molecule has 0 N–H and O–H groups in total. The second kappa shape index (κ2) is 7.38. The zero-order chi connectivity index (χ0) is 18.6. The van der Waals surface area contributed by atoms with Gasteiger partial charge in [0.1, 0.15) is 17.3 Å². The number of anilines is 1. The van der Waals surface area contributed by atoms with Gasteiger partial charge in [0.25, 0.3) is 5.91 Å². The predicted molar refractivity (Wildman–Crippen MR) is 106 cm³/mol. The Morgan fingerprint density at radius 1 is 0.889 bits per heavy atom. The first-order valence-corrected chi connectivity index (χ1v) is 8.73. The van der Waals surface area contributed by atoms with Gasteiger partial charge in [-0.05, 0) is 30.3 Å². The molecular weight excluding hydrogens is 338 g/mol. The minimum absolute atomic E-state index is 0.131. The van der Waals surface area contributed by atoms with Crippen molar-refractivity contribution in [2.75, 3.05) is 12.0 Å². The fourth-order valence-electron chi connectivity index (χ4n) is 3.05. The third kappa shape index (κ3) is 3.55. The molecule has 0 atom stereocenters. The number of ether oxygens (including phenoxy) is 2. The molecule has 1 heterocycles. The van der Waals surface area contributed by atoms with Gasteiger partial charge in [0.2, 0.25) is 0 Å². The smallest absolute Gasteiger partial charge is 0.255 e. The summed E-state index contributed by atoms with van der Waals surface area (Å²) in [6.45, 7) is 0.430. The highest BCUT2D eigenvalue weighted by Crippen LogP contribution is 2.31. The number of para-hydroxylation sites is 1. The highest BCUT2D eigenvalue weighted by atomic mass is 16.5. The van der Waals surface area contributed by atoms with Crippen LogP contribution >= 0.6 is 0 Å². The highest BCUT2D eigenvalue weighted by molar-refractivity contribution is 6.05. The number of fused-ring (bicyclic) bond motifs is 1. The predicted octanol–water partition coefficient (Wildman–Crippen LogP) is 4.66. The van der Waals surface area contributed by atoms with Gasteiger partial charge in [-0.15, -0.1) is 0 Å². The third-order valence-corrected chi connectivity index (χ3v) is 4.48. The minimum Gasteiger partial charge on any atom is -0.497 e. The number of carbonyl (C=O) groups excluding carboxylic acids is 1. The molecule has 4 rings (SSSR count). The zero-order valence-corrected chi connectivity index (χ0v) is 15.0. The SMILES string of the molecule is COc1ccc(N2Cc3ccccc3O/C(c3ccccc3)=C\C2=O)cc1. The molecule has 1 amide bonds. The van der Waals surface area contributed by atoms with Crippen LogP contribution in [0, 0.1) is 0 Å². The Balaban J connectivity index is 1.79. The summed E-state index contributed by atoms with van der Waals surface area (Å²) in [4.78, 5) is 14.8. The molecule has 4 nitrogen and oxygen atoms in total. The van der Waals surface area contributed by atoms with E-state index in [0.717, 1.165) is 28.3 Å². The van der Waals surface area contributed by atoms with Crippen LogP contribution in [0.1, 0.15) is 11.1 Å². The molecule has 4 heteroatoms. The standard InChI is InChI=1S/C23H19NO3/c1-26-20-13-11-19(12-14-20)24-16-18-9-5-6-10-21(18)27-22(15-23(24)25)17-7-3-2-4-8-17/h2-15H,16H2,1H3/b22-15-. The fraction of sp³-hybridized carbons (Fsp3) is 0.0870. The lowest BCUT2D eigenvalue weighted by Gasteiger charge is -2.26. The van der Waals surface area contributed by atoms with E-state index >= 15 is 0 Å².